The van der Waals surface area contributed by atoms with Gasteiger partial charge in [-0.25, -0.2) is 0 Å². The van der Waals surface area contributed by atoms with Gasteiger partial charge in [0.1, 0.15) is 5.76 Å². The molecule has 3 aromatic rings. The molecule has 34 heavy (non-hydrogen) atoms. The summed E-state index contributed by atoms with van der Waals surface area (Å²) >= 11 is 0. The van der Waals surface area contributed by atoms with Crippen LogP contribution in [-0.2, 0) is 13.1 Å². The van der Waals surface area contributed by atoms with E-state index in [1.54, 1.807) is 6.07 Å². The van der Waals surface area contributed by atoms with Crippen LogP contribution in [0, 0.1) is 6.92 Å². The van der Waals surface area contributed by atoms with Gasteiger partial charge >= 0.3 is 0 Å². The summed E-state index contributed by atoms with van der Waals surface area (Å²) in [6, 6.07) is 15.4. The Morgan fingerprint density at radius 2 is 1.47 bits per heavy atom. The Morgan fingerprint density at radius 3 is 2.12 bits per heavy atom. The average Bonchev–Trinajstić information content (AvgIpc) is 3.48. The lowest BCUT2D eigenvalue weighted by atomic mass is 10.1. The van der Waals surface area contributed by atoms with E-state index in [1.165, 1.54) is 0 Å². The lowest BCUT2D eigenvalue weighted by molar-refractivity contribution is 0.0717. The molecule has 0 aliphatic rings. The van der Waals surface area contributed by atoms with Crippen LogP contribution in [0.5, 0.6) is 0 Å². The highest BCUT2D eigenvalue weighted by molar-refractivity contribution is 5.94. The fraction of sp³-hybridized carbons (Fsp3) is 0.429. The minimum absolute atomic E-state index is 0.0346. The van der Waals surface area contributed by atoms with Crippen LogP contribution in [0.3, 0.4) is 0 Å². The number of hydrogen-bond donors (Lipinski definition) is 0. The molecule has 2 heterocycles. The van der Waals surface area contributed by atoms with Gasteiger partial charge in [-0.05, 0) is 62.6 Å². The fourth-order valence-corrected chi connectivity index (χ4v) is 4.10. The summed E-state index contributed by atoms with van der Waals surface area (Å²) in [5.74, 6) is 1.08. The lowest BCUT2D eigenvalue weighted by Crippen LogP contribution is -2.32. The zero-order valence-electron chi connectivity index (χ0n) is 20.9. The van der Waals surface area contributed by atoms with Gasteiger partial charge in [0.15, 0.2) is 5.76 Å². The van der Waals surface area contributed by atoms with Gasteiger partial charge < -0.3 is 18.8 Å². The first-order valence-electron chi connectivity index (χ1n) is 12.3. The van der Waals surface area contributed by atoms with E-state index in [-0.39, 0.29) is 11.8 Å². The summed E-state index contributed by atoms with van der Waals surface area (Å²) in [5.41, 5.74) is 2.86. The number of furan rings is 1. The van der Waals surface area contributed by atoms with Crippen LogP contribution in [0.2, 0.25) is 0 Å². The third kappa shape index (κ3) is 6.40. The maximum atomic E-state index is 13.1. The first-order valence-corrected chi connectivity index (χ1v) is 12.3. The molecular formula is C28H37N3O3. The number of nitrogens with zero attached hydrogens (tertiary/aromatic N) is 3. The second-order valence-electron chi connectivity index (χ2n) is 8.78. The van der Waals surface area contributed by atoms with E-state index in [0.717, 1.165) is 49.4 Å². The topological polar surface area (TPSA) is 58.7 Å². The molecule has 0 unspecified atom stereocenters. The van der Waals surface area contributed by atoms with E-state index < -0.39 is 0 Å². The SMILES string of the molecule is CCCN(Cc1cccn1Cc1ccc(C(=O)N(CCC)CCC)o1)C(=O)c1ccc(C)cc1. The Balaban J connectivity index is 1.72. The van der Waals surface area contributed by atoms with Crippen molar-refractivity contribution in [3.8, 4) is 0 Å². The van der Waals surface area contributed by atoms with Crippen molar-refractivity contribution >= 4 is 11.8 Å². The molecule has 0 bridgehead atoms. The maximum absolute atomic E-state index is 13.1. The number of hydrogen-bond acceptors (Lipinski definition) is 3. The number of aromatic nitrogens is 1. The summed E-state index contributed by atoms with van der Waals surface area (Å²) in [6.45, 7) is 11.4. The monoisotopic (exact) mass is 463 g/mol. The molecule has 0 aliphatic heterocycles. The van der Waals surface area contributed by atoms with Crippen molar-refractivity contribution in [2.24, 2.45) is 0 Å². The van der Waals surface area contributed by atoms with Crippen molar-refractivity contribution < 1.29 is 14.0 Å². The summed E-state index contributed by atoms with van der Waals surface area (Å²) in [4.78, 5) is 29.7. The van der Waals surface area contributed by atoms with E-state index in [4.69, 9.17) is 4.42 Å². The van der Waals surface area contributed by atoms with Gasteiger partial charge in [-0.15, -0.1) is 0 Å². The Bertz CT molecular complexity index is 1060. The van der Waals surface area contributed by atoms with Crippen molar-refractivity contribution in [3.63, 3.8) is 0 Å². The van der Waals surface area contributed by atoms with Crippen molar-refractivity contribution in [2.75, 3.05) is 19.6 Å². The van der Waals surface area contributed by atoms with Crippen LogP contribution in [0.4, 0.5) is 0 Å². The molecule has 2 aromatic heterocycles. The van der Waals surface area contributed by atoms with E-state index in [0.29, 0.717) is 31.0 Å². The van der Waals surface area contributed by atoms with E-state index >= 15 is 0 Å². The molecule has 0 spiro atoms. The molecule has 1 aromatic carbocycles. The Labute approximate surface area is 203 Å². The van der Waals surface area contributed by atoms with Crippen molar-refractivity contribution in [3.05, 3.63) is 83.1 Å². The smallest absolute Gasteiger partial charge is 0.289 e. The molecule has 3 rings (SSSR count). The number of amides is 2. The minimum atomic E-state index is -0.0551. The molecule has 182 valence electrons. The summed E-state index contributed by atoms with van der Waals surface area (Å²) in [6.07, 6.45) is 4.71. The molecular weight excluding hydrogens is 426 g/mol. The van der Waals surface area contributed by atoms with Crippen LogP contribution in [0.25, 0.3) is 0 Å². The zero-order valence-corrected chi connectivity index (χ0v) is 20.9. The van der Waals surface area contributed by atoms with Crippen molar-refractivity contribution in [2.45, 2.75) is 60.0 Å². The molecule has 0 atom stereocenters. The van der Waals surface area contributed by atoms with Gasteiger partial charge in [0.25, 0.3) is 11.8 Å². The number of carbonyl (C=O) groups excluding carboxylic acids is 2. The van der Waals surface area contributed by atoms with E-state index in [9.17, 15) is 9.59 Å². The predicted molar refractivity (Wildman–Crippen MR) is 135 cm³/mol. The summed E-state index contributed by atoms with van der Waals surface area (Å²) in [7, 11) is 0. The van der Waals surface area contributed by atoms with Crippen LogP contribution in [0.1, 0.15) is 78.0 Å². The minimum Gasteiger partial charge on any atom is -0.454 e. The highest BCUT2D eigenvalue weighted by Crippen LogP contribution is 2.17. The number of aryl methyl sites for hydroxylation is 1. The van der Waals surface area contributed by atoms with E-state index in [2.05, 4.69) is 25.3 Å². The zero-order chi connectivity index (χ0) is 24.5. The van der Waals surface area contributed by atoms with Crippen LogP contribution >= 0.6 is 0 Å². The fourth-order valence-electron chi connectivity index (χ4n) is 4.10. The molecule has 0 saturated carbocycles. The second-order valence-corrected chi connectivity index (χ2v) is 8.78. The average molecular weight is 464 g/mol. The van der Waals surface area contributed by atoms with Crippen LogP contribution < -0.4 is 0 Å². The molecule has 0 radical (unpaired) electrons. The lowest BCUT2D eigenvalue weighted by Gasteiger charge is -2.23. The molecule has 0 aliphatic carbocycles. The quantitative estimate of drug-likeness (QED) is 0.343. The highest BCUT2D eigenvalue weighted by Gasteiger charge is 2.20. The van der Waals surface area contributed by atoms with E-state index in [1.807, 2.05) is 65.4 Å². The third-order valence-electron chi connectivity index (χ3n) is 5.83. The molecule has 6 heteroatoms. The second kappa shape index (κ2) is 12.3. The summed E-state index contributed by atoms with van der Waals surface area (Å²) in [5, 5.41) is 0. The molecule has 2 amide bonds. The van der Waals surface area contributed by atoms with Gasteiger partial charge in [-0.2, -0.15) is 0 Å². The van der Waals surface area contributed by atoms with Crippen LogP contribution in [0.15, 0.2) is 59.1 Å². The molecule has 6 nitrogen and oxygen atoms in total. The van der Waals surface area contributed by atoms with Gasteiger partial charge in [0, 0.05) is 37.1 Å². The number of rotatable bonds is 12. The first kappa shape index (κ1) is 25.3. The summed E-state index contributed by atoms with van der Waals surface area (Å²) < 4.78 is 8.01. The standard InChI is InChI=1S/C28H37N3O3/c1-5-16-29(17-6-2)28(33)26-15-14-25(34-26)21-30-19-8-9-24(30)20-31(18-7-3)27(32)23-12-10-22(4)11-13-23/h8-15,19H,5-7,16-18,20-21H2,1-4H3. The molecule has 0 N–H and O–H groups in total. The Hall–Kier alpha value is -3.28. The normalized spacial score (nSPS) is 10.9. The molecule has 0 saturated heterocycles. The third-order valence-corrected chi connectivity index (χ3v) is 5.83. The number of benzene rings is 1. The van der Waals surface area contributed by atoms with Crippen molar-refractivity contribution in [1.82, 2.24) is 14.4 Å². The van der Waals surface area contributed by atoms with Crippen LogP contribution in [-0.4, -0.2) is 45.8 Å². The number of carbonyl (C=O) groups is 2. The predicted octanol–water partition coefficient (Wildman–Crippen LogP) is 5.75. The largest absolute Gasteiger partial charge is 0.454 e. The van der Waals surface area contributed by atoms with Gasteiger partial charge in [-0.3, -0.25) is 9.59 Å². The first-order chi connectivity index (χ1) is 16.5. The van der Waals surface area contributed by atoms with Gasteiger partial charge in [0.05, 0.1) is 13.1 Å². The molecule has 0 fully saturated rings. The Morgan fingerprint density at radius 1 is 0.824 bits per heavy atom. The van der Waals surface area contributed by atoms with Gasteiger partial charge in [-0.1, -0.05) is 38.5 Å². The van der Waals surface area contributed by atoms with Gasteiger partial charge in [0.2, 0.25) is 0 Å². The highest BCUT2D eigenvalue weighted by atomic mass is 16.4. The Kier molecular flexibility index (Phi) is 9.14. The van der Waals surface area contributed by atoms with Crippen molar-refractivity contribution in [1.29, 1.82) is 0 Å². The maximum Gasteiger partial charge on any atom is 0.289 e.